The summed E-state index contributed by atoms with van der Waals surface area (Å²) in [7, 11) is 0. The number of amides is 2. The molecule has 1 aromatic rings. The van der Waals surface area contributed by atoms with E-state index in [4.69, 9.17) is 10.00 Å². The highest BCUT2D eigenvalue weighted by Gasteiger charge is 2.51. The molecule has 0 unspecified atom stereocenters. The van der Waals surface area contributed by atoms with Gasteiger partial charge in [0, 0.05) is 11.2 Å². The molecule has 2 amide bonds. The zero-order valence-electron chi connectivity index (χ0n) is 17.1. The lowest BCUT2D eigenvalue weighted by Crippen LogP contribution is -2.61. The summed E-state index contributed by atoms with van der Waals surface area (Å²) in [5.74, 6) is 0.941. The van der Waals surface area contributed by atoms with E-state index in [1.54, 1.807) is 25.1 Å². The monoisotopic (exact) mass is 409 g/mol. The van der Waals surface area contributed by atoms with Crippen LogP contribution in [0.1, 0.15) is 62.2 Å². The number of anilines is 1. The Morgan fingerprint density at radius 1 is 1.10 bits per heavy atom. The summed E-state index contributed by atoms with van der Waals surface area (Å²) in [6.07, 6.45) is 5.92. The number of rotatable bonds is 6. The van der Waals surface area contributed by atoms with Gasteiger partial charge in [0.15, 0.2) is 6.10 Å². The maximum absolute atomic E-state index is 12.8. The van der Waals surface area contributed by atoms with Crippen LogP contribution in [0.15, 0.2) is 24.3 Å². The SMILES string of the molecule is C[C@@H](OC(=O)c1ccc(NC(=O)CC#N)cc1)C(=O)NC12CC3CC(CC(C3)C1)C2. The molecule has 4 fully saturated rings. The zero-order chi connectivity index (χ0) is 21.3. The third kappa shape index (κ3) is 4.33. The number of benzene rings is 1. The van der Waals surface area contributed by atoms with Crippen LogP contribution < -0.4 is 10.6 Å². The van der Waals surface area contributed by atoms with Crippen LogP contribution in [0.25, 0.3) is 0 Å². The first-order valence-corrected chi connectivity index (χ1v) is 10.7. The molecule has 7 heteroatoms. The van der Waals surface area contributed by atoms with Crippen molar-refractivity contribution < 1.29 is 19.1 Å². The molecule has 0 aromatic heterocycles. The van der Waals surface area contributed by atoms with Gasteiger partial charge in [0.05, 0.1) is 11.6 Å². The van der Waals surface area contributed by atoms with E-state index in [2.05, 4.69) is 10.6 Å². The minimum absolute atomic E-state index is 0.115. The fourth-order valence-electron chi connectivity index (χ4n) is 5.88. The molecule has 0 radical (unpaired) electrons. The van der Waals surface area contributed by atoms with Gasteiger partial charge in [0.2, 0.25) is 5.91 Å². The van der Waals surface area contributed by atoms with E-state index in [0.717, 1.165) is 37.0 Å². The zero-order valence-corrected chi connectivity index (χ0v) is 17.1. The van der Waals surface area contributed by atoms with Crippen molar-refractivity contribution in [1.82, 2.24) is 5.32 Å². The molecule has 7 nitrogen and oxygen atoms in total. The molecule has 0 heterocycles. The first-order valence-electron chi connectivity index (χ1n) is 10.7. The number of nitrogens with zero attached hydrogens (tertiary/aromatic N) is 1. The average Bonchev–Trinajstić information content (AvgIpc) is 2.67. The summed E-state index contributed by atoms with van der Waals surface area (Å²) in [6.45, 7) is 1.60. The van der Waals surface area contributed by atoms with Crippen LogP contribution in [0, 0.1) is 29.1 Å². The summed E-state index contributed by atoms with van der Waals surface area (Å²) in [5, 5.41) is 14.3. The van der Waals surface area contributed by atoms with Crippen molar-refractivity contribution in [3.63, 3.8) is 0 Å². The topological polar surface area (TPSA) is 108 Å². The molecular weight excluding hydrogens is 382 g/mol. The summed E-state index contributed by atoms with van der Waals surface area (Å²) < 4.78 is 5.39. The summed E-state index contributed by atoms with van der Waals surface area (Å²) in [4.78, 5) is 36.6. The Bertz CT molecular complexity index is 851. The molecule has 4 bridgehead atoms. The molecule has 4 aliphatic rings. The van der Waals surface area contributed by atoms with Gasteiger partial charge < -0.3 is 15.4 Å². The van der Waals surface area contributed by atoms with Gasteiger partial charge in [-0.25, -0.2) is 4.79 Å². The van der Waals surface area contributed by atoms with E-state index in [9.17, 15) is 14.4 Å². The van der Waals surface area contributed by atoms with Crippen LogP contribution in [-0.2, 0) is 14.3 Å². The van der Waals surface area contributed by atoms with Crippen molar-refractivity contribution in [3.05, 3.63) is 29.8 Å². The Morgan fingerprint density at radius 3 is 2.20 bits per heavy atom. The van der Waals surface area contributed by atoms with Crippen molar-refractivity contribution >= 4 is 23.5 Å². The number of nitrogens with one attached hydrogen (secondary N) is 2. The lowest BCUT2D eigenvalue weighted by molar-refractivity contribution is -0.134. The molecule has 4 saturated carbocycles. The van der Waals surface area contributed by atoms with Crippen molar-refractivity contribution in [2.24, 2.45) is 17.8 Å². The first kappa shape index (κ1) is 20.4. The second-order valence-electron chi connectivity index (χ2n) is 9.20. The highest BCUT2D eigenvalue weighted by molar-refractivity contribution is 5.94. The highest BCUT2D eigenvalue weighted by Crippen LogP contribution is 2.55. The Morgan fingerprint density at radius 2 is 1.67 bits per heavy atom. The van der Waals surface area contributed by atoms with E-state index in [-0.39, 0.29) is 17.9 Å². The molecule has 30 heavy (non-hydrogen) atoms. The van der Waals surface area contributed by atoms with Crippen molar-refractivity contribution in [3.8, 4) is 6.07 Å². The number of hydrogen-bond donors (Lipinski definition) is 2. The Hall–Kier alpha value is -2.88. The molecule has 4 aliphatic carbocycles. The summed E-state index contributed by atoms with van der Waals surface area (Å²) >= 11 is 0. The minimum atomic E-state index is -0.875. The second kappa shape index (κ2) is 8.10. The predicted octanol–water partition coefficient (Wildman–Crippen LogP) is 3.17. The number of nitriles is 1. The van der Waals surface area contributed by atoms with E-state index in [1.807, 2.05) is 0 Å². The van der Waals surface area contributed by atoms with E-state index >= 15 is 0 Å². The molecule has 158 valence electrons. The Kier molecular flexibility index (Phi) is 5.50. The number of carbonyl (C=O) groups excluding carboxylic acids is 3. The third-order valence-corrected chi connectivity index (χ3v) is 6.72. The highest BCUT2D eigenvalue weighted by atomic mass is 16.5. The Labute approximate surface area is 176 Å². The summed E-state index contributed by atoms with van der Waals surface area (Å²) in [5.41, 5.74) is 0.664. The van der Waals surface area contributed by atoms with Gasteiger partial charge in [-0.1, -0.05) is 0 Å². The number of carbonyl (C=O) groups is 3. The molecule has 0 saturated heterocycles. The van der Waals surface area contributed by atoms with Gasteiger partial charge in [-0.15, -0.1) is 0 Å². The van der Waals surface area contributed by atoms with E-state index < -0.39 is 18.0 Å². The van der Waals surface area contributed by atoms with Crippen LogP contribution in [0.3, 0.4) is 0 Å². The van der Waals surface area contributed by atoms with Gasteiger partial charge >= 0.3 is 5.97 Å². The van der Waals surface area contributed by atoms with E-state index in [1.165, 1.54) is 31.4 Å². The largest absolute Gasteiger partial charge is 0.449 e. The second-order valence-corrected chi connectivity index (χ2v) is 9.20. The lowest BCUT2D eigenvalue weighted by Gasteiger charge is -2.57. The van der Waals surface area contributed by atoms with Crippen molar-refractivity contribution in [2.75, 3.05) is 5.32 Å². The molecule has 1 atom stereocenters. The fourth-order valence-corrected chi connectivity index (χ4v) is 5.88. The maximum atomic E-state index is 12.8. The number of hydrogen-bond acceptors (Lipinski definition) is 5. The van der Waals surface area contributed by atoms with Gasteiger partial charge in [0.1, 0.15) is 6.42 Å². The molecule has 2 N–H and O–H groups in total. The van der Waals surface area contributed by atoms with Gasteiger partial charge in [-0.05, 0) is 87.5 Å². The summed E-state index contributed by atoms with van der Waals surface area (Å²) in [6, 6.07) is 7.94. The fraction of sp³-hybridized carbons (Fsp3) is 0.565. The van der Waals surface area contributed by atoms with Crippen molar-refractivity contribution in [2.45, 2.75) is 63.5 Å². The maximum Gasteiger partial charge on any atom is 0.338 e. The smallest absolute Gasteiger partial charge is 0.338 e. The molecular formula is C23H27N3O4. The molecule has 5 rings (SSSR count). The van der Waals surface area contributed by atoms with Crippen LogP contribution in [0.4, 0.5) is 5.69 Å². The standard InChI is InChI=1S/C23H27N3O4/c1-14(21(28)26-23-11-15-8-16(12-23)10-17(9-15)13-23)30-22(29)18-2-4-19(5-3-18)25-20(27)6-7-24/h2-5,14-17H,6,8-13H2,1H3,(H,25,27)(H,26,28)/t14-,15?,16?,17?,23?/m1/s1. The minimum Gasteiger partial charge on any atom is -0.449 e. The average molecular weight is 409 g/mol. The van der Waals surface area contributed by atoms with Crippen LogP contribution >= 0.6 is 0 Å². The quantitative estimate of drug-likeness (QED) is 0.702. The first-order chi connectivity index (χ1) is 14.4. The lowest BCUT2D eigenvalue weighted by atomic mass is 9.53. The Balaban J connectivity index is 1.32. The third-order valence-electron chi connectivity index (χ3n) is 6.72. The normalized spacial score (nSPS) is 29.5. The van der Waals surface area contributed by atoms with Crippen LogP contribution in [-0.4, -0.2) is 29.4 Å². The van der Waals surface area contributed by atoms with Gasteiger partial charge in [-0.3, -0.25) is 9.59 Å². The van der Waals surface area contributed by atoms with Crippen LogP contribution in [0.5, 0.6) is 0 Å². The predicted molar refractivity (Wildman–Crippen MR) is 109 cm³/mol. The van der Waals surface area contributed by atoms with Gasteiger partial charge in [-0.2, -0.15) is 5.26 Å². The van der Waals surface area contributed by atoms with Crippen LogP contribution in [0.2, 0.25) is 0 Å². The molecule has 0 aliphatic heterocycles. The van der Waals surface area contributed by atoms with Gasteiger partial charge in [0.25, 0.3) is 5.91 Å². The van der Waals surface area contributed by atoms with E-state index in [0.29, 0.717) is 11.3 Å². The molecule has 0 spiro atoms. The molecule has 1 aromatic carbocycles. The number of ether oxygens (including phenoxy) is 1. The number of esters is 1. The van der Waals surface area contributed by atoms with Crippen molar-refractivity contribution in [1.29, 1.82) is 5.26 Å².